The lowest BCUT2D eigenvalue weighted by Gasteiger charge is -2.19. The molecule has 3 aliphatic rings. The van der Waals surface area contributed by atoms with Crippen molar-refractivity contribution in [2.75, 3.05) is 17.3 Å². The highest BCUT2D eigenvalue weighted by molar-refractivity contribution is 6.23. The zero-order valence-electron chi connectivity index (χ0n) is 16.8. The average molecular weight is 402 g/mol. The monoisotopic (exact) mass is 402 g/mol. The number of carbonyl (C=O) groups is 3. The van der Waals surface area contributed by atoms with Crippen LogP contribution in [0.5, 0.6) is 5.75 Å². The summed E-state index contributed by atoms with van der Waals surface area (Å²) in [7, 11) is 1.56. The Morgan fingerprint density at radius 3 is 2.63 bits per heavy atom. The molecule has 4 atom stereocenters. The lowest BCUT2D eigenvalue weighted by molar-refractivity contribution is -0.123. The van der Waals surface area contributed by atoms with Gasteiger partial charge in [-0.2, -0.15) is 0 Å². The van der Waals surface area contributed by atoms with Gasteiger partial charge in [-0.15, -0.1) is 0 Å². The van der Waals surface area contributed by atoms with Crippen LogP contribution in [0.25, 0.3) is 0 Å². The summed E-state index contributed by atoms with van der Waals surface area (Å²) in [4.78, 5) is 40.3. The number of carbonyl (C=O) groups excluding carboxylic acids is 3. The SMILES string of the molecule is COc1cccc(NC(=O)c2cccc(N3C(=O)[C@H]4[C@H](C3=O)[C@H]3C=C(C)[C@H]4C3)c2)c1. The predicted molar refractivity (Wildman–Crippen MR) is 112 cm³/mol. The molecule has 0 radical (unpaired) electrons. The normalized spacial score (nSPS) is 26.6. The maximum atomic E-state index is 13.1. The van der Waals surface area contributed by atoms with Gasteiger partial charge in [-0.3, -0.25) is 14.4 Å². The van der Waals surface area contributed by atoms with E-state index in [2.05, 4.69) is 11.4 Å². The first-order chi connectivity index (χ1) is 14.5. The molecule has 0 unspecified atom stereocenters. The van der Waals surface area contributed by atoms with Gasteiger partial charge in [0.05, 0.1) is 24.6 Å². The van der Waals surface area contributed by atoms with Gasteiger partial charge in [-0.05, 0) is 55.5 Å². The lowest BCUT2D eigenvalue weighted by Crippen LogP contribution is -2.33. The number of nitrogens with one attached hydrogen (secondary N) is 1. The highest BCUT2D eigenvalue weighted by Crippen LogP contribution is 2.55. The summed E-state index contributed by atoms with van der Waals surface area (Å²) in [6.07, 6.45) is 3.05. The van der Waals surface area contributed by atoms with E-state index in [1.807, 2.05) is 6.92 Å². The molecule has 0 spiro atoms. The molecule has 0 aromatic heterocycles. The number of nitrogens with zero attached hydrogens (tertiary/aromatic N) is 1. The quantitative estimate of drug-likeness (QED) is 0.626. The fourth-order valence-electron chi connectivity index (χ4n) is 5.22. The number of benzene rings is 2. The van der Waals surface area contributed by atoms with E-state index < -0.39 is 0 Å². The Kier molecular flexibility index (Phi) is 4.24. The van der Waals surface area contributed by atoms with Crippen LogP contribution in [0, 0.1) is 23.7 Å². The number of anilines is 2. The first-order valence-electron chi connectivity index (χ1n) is 10.1. The summed E-state index contributed by atoms with van der Waals surface area (Å²) in [6, 6.07) is 13.8. The van der Waals surface area contributed by atoms with Crippen LogP contribution in [0.4, 0.5) is 11.4 Å². The summed E-state index contributed by atoms with van der Waals surface area (Å²) in [5, 5.41) is 2.83. The fraction of sp³-hybridized carbons (Fsp3) is 0.292. The van der Waals surface area contributed by atoms with E-state index in [-0.39, 0.29) is 41.4 Å². The molecule has 152 valence electrons. The largest absolute Gasteiger partial charge is 0.497 e. The zero-order valence-corrected chi connectivity index (χ0v) is 16.8. The zero-order chi connectivity index (χ0) is 21.0. The van der Waals surface area contributed by atoms with Gasteiger partial charge in [-0.25, -0.2) is 4.90 Å². The first-order valence-corrected chi connectivity index (χ1v) is 10.1. The Bertz CT molecular complexity index is 1110. The van der Waals surface area contributed by atoms with Gasteiger partial charge in [-0.1, -0.05) is 23.8 Å². The van der Waals surface area contributed by atoms with Crippen molar-refractivity contribution in [3.8, 4) is 5.75 Å². The predicted octanol–water partition coefficient (Wildman–Crippen LogP) is 3.65. The van der Waals surface area contributed by atoms with Crippen molar-refractivity contribution in [1.29, 1.82) is 0 Å². The van der Waals surface area contributed by atoms with E-state index in [1.54, 1.807) is 55.6 Å². The molecule has 1 saturated carbocycles. The van der Waals surface area contributed by atoms with Crippen molar-refractivity contribution in [1.82, 2.24) is 0 Å². The van der Waals surface area contributed by atoms with Crippen LogP contribution in [0.15, 0.2) is 60.2 Å². The number of imide groups is 1. The van der Waals surface area contributed by atoms with E-state index in [4.69, 9.17) is 4.74 Å². The van der Waals surface area contributed by atoms with Gasteiger partial charge >= 0.3 is 0 Å². The second-order valence-electron chi connectivity index (χ2n) is 8.22. The minimum atomic E-state index is -0.318. The van der Waals surface area contributed by atoms with Crippen molar-refractivity contribution in [2.45, 2.75) is 13.3 Å². The molecule has 2 aromatic rings. The van der Waals surface area contributed by atoms with Crippen LogP contribution in [0.2, 0.25) is 0 Å². The van der Waals surface area contributed by atoms with Crippen molar-refractivity contribution < 1.29 is 19.1 Å². The Labute approximate surface area is 174 Å². The van der Waals surface area contributed by atoms with Crippen molar-refractivity contribution >= 4 is 29.1 Å². The van der Waals surface area contributed by atoms with Crippen LogP contribution < -0.4 is 15.0 Å². The fourth-order valence-corrected chi connectivity index (χ4v) is 5.22. The van der Waals surface area contributed by atoms with Gasteiger partial charge in [0.25, 0.3) is 5.91 Å². The molecule has 2 bridgehead atoms. The minimum absolute atomic E-state index is 0.143. The third-order valence-corrected chi connectivity index (χ3v) is 6.57. The summed E-state index contributed by atoms with van der Waals surface area (Å²) in [5.41, 5.74) is 2.65. The van der Waals surface area contributed by atoms with Crippen LogP contribution in [0.3, 0.4) is 0 Å². The van der Waals surface area contributed by atoms with E-state index in [0.29, 0.717) is 22.7 Å². The second kappa shape index (κ2) is 6.83. The Morgan fingerprint density at radius 2 is 1.83 bits per heavy atom. The number of hydrogen-bond donors (Lipinski definition) is 1. The summed E-state index contributed by atoms with van der Waals surface area (Å²) in [5.74, 6) is -0.173. The molecule has 30 heavy (non-hydrogen) atoms. The Hall–Kier alpha value is -3.41. The standard InChI is InChI=1S/C24H22N2O4/c1-13-9-15-11-19(13)21-20(15)23(28)26(24(21)29)17-7-3-5-14(10-17)22(27)25-16-6-4-8-18(12-16)30-2/h3-10,12,15,19-21H,11H2,1-2H3,(H,25,27)/t15-,19+,20+,21+/m0/s1. The van der Waals surface area contributed by atoms with E-state index in [9.17, 15) is 14.4 Å². The van der Waals surface area contributed by atoms with Crippen molar-refractivity contribution in [3.05, 3.63) is 65.7 Å². The van der Waals surface area contributed by atoms with Gasteiger partial charge < -0.3 is 10.1 Å². The summed E-state index contributed by atoms with van der Waals surface area (Å²) >= 11 is 0. The minimum Gasteiger partial charge on any atom is -0.497 e. The molecule has 6 heteroatoms. The molecule has 2 aliphatic carbocycles. The smallest absolute Gasteiger partial charge is 0.255 e. The molecular weight excluding hydrogens is 380 g/mol. The molecule has 3 amide bonds. The van der Waals surface area contributed by atoms with Gasteiger partial charge in [0.2, 0.25) is 11.8 Å². The molecule has 5 rings (SSSR count). The summed E-state index contributed by atoms with van der Waals surface area (Å²) < 4.78 is 5.18. The number of ether oxygens (including phenoxy) is 1. The van der Waals surface area contributed by atoms with E-state index in [1.165, 1.54) is 10.5 Å². The Balaban J connectivity index is 1.40. The average Bonchev–Trinajstić information content (AvgIpc) is 3.38. The molecule has 1 heterocycles. The molecule has 1 N–H and O–H groups in total. The lowest BCUT2D eigenvalue weighted by atomic mass is 9.82. The van der Waals surface area contributed by atoms with Crippen molar-refractivity contribution in [3.63, 3.8) is 0 Å². The molecule has 1 saturated heterocycles. The highest BCUT2D eigenvalue weighted by Gasteiger charge is 2.60. The number of rotatable bonds is 4. The second-order valence-corrected chi connectivity index (χ2v) is 8.22. The molecule has 2 aromatic carbocycles. The molecule has 2 fully saturated rings. The molecule has 6 nitrogen and oxygen atoms in total. The number of allylic oxidation sites excluding steroid dienone is 2. The molecular formula is C24H22N2O4. The van der Waals surface area contributed by atoms with Crippen LogP contribution in [0.1, 0.15) is 23.7 Å². The van der Waals surface area contributed by atoms with Gasteiger partial charge in [0.15, 0.2) is 0 Å². The van der Waals surface area contributed by atoms with Crippen LogP contribution >= 0.6 is 0 Å². The van der Waals surface area contributed by atoms with Crippen molar-refractivity contribution in [2.24, 2.45) is 23.7 Å². The van der Waals surface area contributed by atoms with Gasteiger partial charge in [0, 0.05) is 17.3 Å². The number of amides is 3. The van der Waals surface area contributed by atoms with Crippen LogP contribution in [-0.2, 0) is 9.59 Å². The summed E-state index contributed by atoms with van der Waals surface area (Å²) in [6.45, 7) is 2.05. The maximum Gasteiger partial charge on any atom is 0.255 e. The maximum absolute atomic E-state index is 13.1. The number of methoxy groups -OCH3 is 1. The topological polar surface area (TPSA) is 75.7 Å². The van der Waals surface area contributed by atoms with Gasteiger partial charge in [0.1, 0.15) is 5.75 Å². The van der Waals surface area contributed by atoms with E-state index >= 15 is 0 Å². The highest BCUT2D eigenvalue weighted by atomic mass is 16.5. The Morgan fingerprint density at radius 1 is 1.07 bits per heavy atom. The molecule has 1 aliphatic heterocycles. The van der Waals surface area contributed by atoms with Crippen LogP contribution in [-0.4, -0.2) is 24.8 Å². The van der Waals surface area contributed by atoms with E-state index in [0.717, 1.165) is 6.42 Å². The first kappa shape index (κ1) is 18.6. The number of hydrogen-bond acceptors (Lipinski definition) is 4. The third-order valence-electron chi connectivity index (χ3n) is 6.57. The third kappa shape index (κ3) is 2.75. The number of fused-ring (bicyclic) bond motifs is 5.